The quantitative estimate of drug-likeness (QED) is 0.642. The van der Waals surface area contributed by atoms with Crippen molar-refractivity contribution in [2.45, 2.75) is 13.1 Å². The van der Waals surface area contributed by atoms with E-state index in [2.05, 4.69) is 0 Å². The molecule has 0 saturated heterocycles. The highest BCUT2D eigenvalue weighted by Gasteiger charge is 2.18. The highest BCUT2D eigenvalue weighted by molar-refractivity contribution is 5.94. The maximum atomic E-state index is 13.0. The fraction of sp³-hybridized carbons (Fsp3) is 0.190. The van der Waals surface area contributed by atoms with Crippen molar-refractivity contribution in [1.29, 1.82) is 0 Å². The zero-order valence-electron chi connectivity index (χ0n) is 14.8. The van der Waals surface area contributed by atoms with Crippen LogP contribution in [0.5, 0.6) is 11.5 Å². The minimum Gasteiger partial charge on any atom is -0.497 e. The van der Waals surface area contributed by atoms with Gasteiger partial charge in [0.2, 0.25) is 0 Å². The summed E-state index contributed by atoms with van der Waals surface area (Å²) in [6, 6.07) is 18.5. The molecule has 0 N–H and O–H groups in total. The molecule has 5 nitrogen and oxygen atoms in total. The van der Waals surface area contributed by atoms with Crippen LogP contribution < -0.4 is 9.47 Å². The highest BCUT2D eigenvalue weighted by atomic mass is 16.5. The molecule has 0 aliphatic heterocycles. The van der Waals surface area contributed by atoms with Gasteiger partial charge in [-0.25, -0.2) is 0 Å². The summed E-state index contributed by atoms with van der Waals surface area (Å²) >= 11 is 0. The summed E-state index contributed by atoms with van der Waals surface area (Å²) < 4.78 is 15.8. The Kier molecular flexibility index (Phi) is 5.59. The first kappa shape index (κ1) is 17.6. The number of carbonyl (C=O) groups excluding carboxylic acids is 1. The maximum Gasteiger partial charge on any atom is 0.254 e. The van der Waals surface area contributed by atoms with E-state index in [0.717, 1.165) is 17.1 Å². The predicted molar refractivity (Wildman–Crippen MR) is 98.3 cm³/mol. The third-order valence-corrected chi connectivity index (χ3v) is 4.08. The van der Waals surface area contributed by atoms with Crippen LogP contribution in [-0.4, -0.2) is 25.0 Å². The molecule has 0 bridgehead atoms. The van der Waals surface area contributed by atoms with Crippen LogP contribution in [0.15, 0.2) is 71.3 Å². The van der Waals surface area contributed by atoms with Gasteiger partial charge in [0, 0.05) is 12.1 Å². The largest absolute Gasteiger partial charge is 0.497 e. The average molecular weight is 351 g/mol. The van der Waals surface area contributed by atoms with Crippen LogP contribution in [-0.2, 0) is 13.1 Å². The number of hydrogen-bond acceptors (Lipinski definition) is 4. The molecule has 3 aromatic rings. The van der Waals surface area contributed by atoms with E-state index in [0.29, 0.717) is 24.4 Å². The molecule has 0 saturated carbocycles. The maximum absolute atomic E-state index is 13.0. The molecule has 2 aromatic carbocycles. The van der Waals surface area contributed by atoms with Gasteiger partial charge in [0.1, 0.15) is 17.3 Å². The zero-order chi connectivity index (χ0) is 18.4. The normalized spacial score (nSPS) is 10.4. The number of methoxy groups -OCH3 is 2. The molecule has 1 heterocycles. The molecule has 26 heavy (non-hydrogen) atoms. The predicted octanol–water partition coefficient (Wildman–Crippen LogP) is 4.14. The second-order valence-electron chi connectivity index (χ2n) is 5.82. The Morgan fingerprint density at radius 3 is 2.04 bits per heavy atom. The summed E-state index contributed by atoms with van der Waals surface area (Å²) in [5, 5.41) is 0. The first-order valence-electron chi connectivity index (χ1n) is 8.28. The van der Waals surface area contributed by atoms with E-state index in [4.69, 9.17) is 13.9 Å². The fourth-order valence-corrected chi connectivity index (χ4v) is 2.66. The van der Waals surface area contributed by atoms with Gasteiger partial charge in [0.05, 0.1) is 27.0 Å². The summed E-state index contributed by atoms with van der Waals surface area (Å²) in [7, 11) is 3.23. The Labute approximate surface area is 152 Å². The molecule has 134 valence electrons. The van der Waals surface area contributed by atoms with Gasteiger partial charge in [-0.3, -0.25) is 4.79 Å². The molecule has 0 spiro atoms. The Hall–Kier alpha value is -3.21. The van der Waals surface area contributed by atoms with Crippen molar-refractivity contribution >= 4 is 5.91 Å². The van der Waals surface area contributed by atoms with E-state index in [1.165, 1.54) is 0 Å². The van der Waals surface area contributed by atoms with Gasteiger partial charge in [-0.1, -0.05) is 12.1 Å². The van der Waals surface area contributed by atoms with Gasteiger partial charge in [0.15, 0.2) is 0 Å². The third-order valence-electron chi connectivity index (χ3n) is 4.08. The van der Waals surface area contributed by atoms with Gasteiger partial charge >= 0.3 is 0 Å². The van der Waals surface area contributed by atoms with Crippen LogP contribution in [0.25, 0.3) is 0 Å². The first-order chi connectivity index (χ1) is 12.7. The van der Waals surface area contributed by atoms with Crippen LogP contribution in [0.3, 0.4) is 0 Å². The SMILES string of the molecule is COc1ccc(CN(Cc2ccco2)C(=O)c2ccc(OC)cc2)cc1. The zero-order valence-corrected chi connectivity index (χ0v) is 14.8. The monoisotopic (exact) mass is 351 g/mol. The number of carbonyl (C=O) groups is 1. The molecule has 0 atom stereocenters. The lowest BCUT2D eigenvalue weighted by molar-refractivity contribution is 0.0717. The number of ether oxygens (including phenoxy) is 2. The van der Waals surface area contributed by atoms with E-state index in [1.54, 1.807) is 49.6 Å². The van der Waals surface area contributed by atoms with Crippen LogP contribution in [0.1, 0.15) is 21.7 Å². The van der Waals surface area contributed by atoms with Gasteiger partial charge in [-0.15, -0.1) is 0 Å². The summed E-state index contributed by atoms with van der Waals surface area (Å²) in [4.78, 5) is 14.8. The van der Waals surface area contributed by atoms with Crippen LogP contribution in [0.2, 0.25) is 0 Å². The minimum atomic E-state index is -0.0696. The number of nitrogens with zero attached hydrogens (tertiary/aromatic N) is 1. The molecular formula is C21H21NO4. The highest BCUT2D eigenvalue weighted by Crippen LogP contribution is 2.19. The van der Waals surface area contributed by atoms with E-state index >= 15 is 0 Å². The first-order valence-corrected chi connectivity index (χ1v) is 8.28. The summed E-state index contributed by atoms with van der Waals surface area (Å²) in [5.41, 5.74) is 1.62. The molecule has 0 aliphatic rings. The number of furan rings is 1. The van der Waals surface area contributed by atoms with Crippen molar-refractivity contribution in [3.63, 3.8) is 0 Å². The fourth-order valence-electron chi connectivity index (χ4n) is 2.66. The number of hydrogen-bond donors (Lipinski definition) is 0. The Morgan fingerprint density at radius 1 is 0.885 bits per heavy atom. The third kappa shape index (κ3) is 4.25. The molecular weight excluding hydrogens is 330 g/mol. The van der Waals surface area contributed by atoms with Crippen LogP contribution in [0, 0.1) is 0 Å². The molecule has 3 rings (SSSR count). The van der Waals surface area contributed by atoms with E-state index in [-0.39, 0.29) is 5.91 Å². The van der Waals surface area contributed by atoms with Gasteiger partial charge in [-0.05, 0) is 54.1 Å². The minimum absolute atomic E-state index is 0.0696. The molecule has 0 unspecified atom stereocenters. The van der Waals surface area contributed by atoms with Crippen molar-refractivity contribution in [1.82, 2.24) is 4.90 Å². The van der Waals surface area contributed by atoms with Crippen molar-refractivity contribution in [3.05, 3.63) is 83.8 Å². The topological polar surface area (TPSA) is 51.9 Å². The van der Waals surface area contributed by atoms with E-state index < -0.39 is 0 Å². The Morgan fingerprint density at radius 2 is 1.50 bits per heavy atom. The molecule has 0 aliphatic carbocycles. The van der Waals surface area contributed by atoms with Crippen molar-refractivity contribution in [2.24, 2.45) is 0 Å². The standard InChI is InChI=1S/C21H21NO4/c1-24-18-9-5-16(6-10-18)14-22(15-20-4-3-13-26-20)21(23)17-7-11-19(25-2)12-8-17/h3-13H,14-15H2,1-2H3. The van der Waals surface area contributed by atoms with Gasteiger partial charge < -0.3 is 18.8 Å². The number of rotatable bonds is 7. The second-order valence-corrected chi connectivity index (χ2v) is 5.82. The smallest absolute Gasteiger partial charge is 0.254 e. The second kappa shape index (κ2) is 8.25. The average Bonchev–Trinajstić information content (AvgIpc) is 3.21. The van der Waals surface area contributed by atoms with E-state index in [1.807, 2.05) is 36.4 Å². The molecule has 5 heteroatoms. The van der Waals surface area contributed by atoms with Crippen LogP contribution >= 0.6 is 0 Å². The Bertz CT molecular complexity index is 823. The van der Waals surface area contributed by atoms with Gasteiger partial charge in [-0.2, -0.15) is 0 Å². The van der Waals surface area contributed by atoms with Crippen molar-refractivity contribution in [2.75, 3.05) is 14.2 Å². The lowest BCUT2D eigenvalue weighted by Crippen LogP contribution is -2.30. The van der Waals surface area contributed by atoms with Crippen molar-refractivity contribution in [3.8, 4) is 11.5 Å². The molecule has 0 radical (unpaired) electrons. The number of amides is 1. The molecule has 1 aromatic heterocycles. The summed E-state index contributed by atoms with van der Waals surface area (Å²) in [6.07, 6.45) is 1.61. The molecule has 1 amide bonds. The van der Waals surface area contributed by atoms with Crippen LogP contribution in [0.4, 0.5) is 0 Å². The van der Waals surface area contributed by atoms with Crippen molar-refractivity contribution < 1.29 is 18.7 Å². The summed E-state index contributed by atoms with van der Waals surface area (Å²) in [6.45, 7) is 0.861. The van der Waals surface area contributed by atoms with Gasteiger partial charge in [0.25, 0.3) is 5.91 Å². The lowest BCUT2D eigenvalue weighted by atomic mass is 10.1. The summed E-state index contributed by atoms with van der Waals surface area (Å²) in [5.74, 6) is 2.17. The lowest BCUT2D eigenvalue weighted by Gasteiger charge is -2.22. The number of benzene rings is 2. The molecule has 0 fully saturated rings. The Balaban J connectivity index is 1.82. The van der Waals surface area contributed by atoms with E-state index in [9.17, 15) is 4.79 Å².